The molecule has 2 aromatic rings. The van der Waals surface area contributed by atoms with Crippen LogP contribution in [-0.2, 0) is 24.8 Å². The van der Waals surface area contributed by atoms with Gasteiger partial charge in [0.1, 0.15) is 12.4 Å². The van der Waals surface area contributed by atoms with E-state index in [-0.39, 0.29) is 24.0 Å². The van der Waals surface area contributed by atoms with Crippen molar-refractivity contribution in [1.82, 2.24) is 20.4 Å². The molecule has 2 N–H and O–H groups in total. The molecule has 0 fully saturated rings. The van der Waals surface area contributed by atoms with Gasteiger partial charge in [-0.2, -0.15) is 5.10 Å². The molecule has 0 aromatic carbocycles. The van der Waals surface area contributed by atoms with Crippen LogP contribution < -0.4 is 10.6 Å². The largest absolute Gasteiger partial charge is 0.467 e. The average Bonchev–Trinajstić information content (AvgIpc) is 3.20. The Morgan fingerprint density at radius 3 is 2.88 bits per heavy atom. The van der Waals surface area contributed by atoms with Crippen molar-refractivity contribution >= 4 is 29.9 Å². The van der Waals surface area contributed by atoms with Crippen LogP contribution in [0.4, 0.5) is 0 Å². The van der Waals surface area contributed by atoms with Gasteiger partial charge in [-0.25, -0.2) is 0 Å². The third kappa shape index (κ3) is 7.82. The van der Waals surface area contributed by atoms with Gasteiger partial charge < -0.3 is 19.8 Å². The maximum Gasteiger partial charge on any atom is 0.190 e. The number of nitrogens with one attached hydrogen (secondary N) is 2. The van der Waals surface area contributed by atoms with Crippen molar-refractivity contribution in [1.29, 1.82) is 0 Å². The van der Waals surface area contributed by atoms with E-state index in [2.05, 4.69) is 20.7 Å². The number of furan rings is 1. The molecule has 8 heteroatoms. The highest BCUT2D eigenvalue weighted by molar-refractivity contribution is 14.0. The summed E-state index contributed by atoms with van der Waals surface area (Å²) >= 11 is 0. The predicted molar refractivity (Wildman–Crippen MR) is 105 cm³/mol. The fourth-order valence-electron chi connectivity index (χ4n) is 2.10. The molecule has 2 aromatic heterocycles. The van der Waals surface area contributed by atoms with E-state index in [1.54, 1.807) is 13.3 Å². The molecule has 0 atom stereocenters. The standard InChI is InChI=1S/C16H25N5O2.HI/c1-17-16(19-8-6-14-11-20-21(2)12-14)18-7-4-9-22-13-15-5-3-10-23-15;/h3,5,10-12H,4,6-9,13H2,1-2H3,(H2,17,18,19);1H. The number of aliphatic imine (C=N–C) groups is 1. The zero-order chi connectivity index (χ0) is 16.3. The topological polar surface area (TPSA) is 76.6 Å². The van der Waals surface area contributed by atoms with Crippen LogP contribution in [-0.4, -0.2) is 42.5 Å². The van der Waals surface area contributed by atoms with Crippen LogP contribution in [0.15, 0.2) is 40.2 Å². The highest BCUT2D eigenvalue weighted by Gasteiger charge is 2.00. The van der Waals surface area contributed by atoms with Gasteiger partial charge in [0.25, 0.3) is 0 Å². The van der Waals surface area contributed by atoms with Gasteiger partial charge >= 0.3 is 0 Å². The molecule has 0 aliphatic rings. The van der Waals surface area contributed by atoms with Gasteiger partial charge in [0, 0.05) is 40.0 Å². The quantitative estimate of drug-likeness (QED) is 0.266. The third-order valence-corrected chi connectivity index (χ3v) is 3.27. The number of aryl methyl sites for hydroxylation is 1. The fraction of sp³-hybridized carbons (Fsp3) is 0.500. The minimum Gasteiger partial charge on any atom is -0.467 e. The number of rotatable bonds is 9. The lowest BCUT2D eigenvalue weighted by molar-refractivity contribution is 0.105. The zero-order valence-corrected chi connectivity index (χ0v) is 16.5. The van der Waals surface area contributed by atoms with Gasteiger partial charge in [-0.15, -0.1) is 24.0 Å². The summed E-state index contributed by atoms with van der Waals surface area (Å²) in [6.45, 7) is 2.83. The lowest BCUT2D eigenvalue weighted by Crippen LogP contribution is -2.39. The number of aromatic nitrogens is 2. The van der Waals surface area contributed by atoms with E-state index >= 15 is 0 Å². The van der Waals surface area contributed by atoms with Gasteiger partial charge in [-0.1, -0.05) is 0 Å². The molecule has 2 heterocycles. The highest BCUT2D eigenvalue weighted by atomic mass is 127. The van der Waals surface area contributed by atoms with E-state index in [4.69, 9.17) is 9.15 Å². The summed E-state index contributed by atoms with van der Waals surface area (Å²) in [6, 6.07) is 3.77. The van der Waals surface area contributed by atoms with Crippen LogP contribution >= 0.6 is 24.0 Å². The van der Waals surface area contributed by atoms with Crippen LogP contribution in [0, 0.1) is 0 Å². The predicted octanol–water partition coefficient (Wildman–Crippen LogP) is 1.95. The van der Waals surface area contributed by atoms with Crippen molar-refractivity contribution in [3.8, 4) is 0 Å². The first kappa shape index (κ1) is 20.5. The van der Waals surface area contributed by atoms with Gasteiger partial charge in [0.2, 0.25) is 0 Å². The molecule has 2 rings (SSSR count). The zero-order valence-electron chi connectivity index (χ0n) is 14.2. The van der Waals surface area contributed by atoms with Crippen LogP contribution in [0.3, 0.4) is 0 Å². The van der Waals surface area contributed by atoms with E-state index in [1.807, 2.05) is 36.3 Å². The average molecular weight is 447 g/mol. The molecule has 7 nitrogen and oxygen atoms in total. The molecule has 0 radical (unpaired) electrons. The molecule has 134 valence electrons. The summed E-state index contributed by atoms with van der Waals surface area (Å²) in [6.07, 6.45) is 7.38. The molecule has 0 bridgehead atoms. The first-order chi connectivity index (χ1) is 11.3. The molecule has 0 amide bonds. The Kier molecular flexibility index (Phi) is 10.2. The molecule has 0 aliphatic heterocycles. The molecule has 24 heavy (non-hydrogen) atoms. The van der Waals surface area contributed by atoms with E-state index < -0.39 is 0 Å². The Morgan fingerprint density at radius 1 is 1.38 bits per heavy atom. The molecular formula is C16H26IN5O2. The second-order valence-electron chi connectivity index (χ2n) is 5.18. The van der Waals surface area contributed by atoms with Crippen molar-refractivity contribution in [3.05, 3.63) is 42.1 Å². The number of guanidine groups is 1. The summed E-state index contributed by atoms with van der Waals surface area (Å²) in [5.41, 5.74) is 1.21. The number of hydrogen-bond acceptors (Lipinski definition) is 4. The van der Waals surface area contributed by atoms with Crippen LogP contribution in [0.1, 0.15) is 17.7 Å². The Balaban J connectivity index is 0.00000288. The van der Waals surface area contributed by atoms with Crippen LogP contribution in [0.5, 0.6) is 0 Å². The Morgan fingerprint density at radius 2 is 2.21 bits per heavy atom. The van der Waals surface area contributed by atoms with Crippen LogP contribution in [0.2, 0.25) is 0 Å². The van der Waals surface area contributed by atoms with E-state index in [0.717, 1.165) is 37.7 Å². The summed E-state index contributed by atoms with van der Waals surface area (Å²) in [4.78, 5) is 4.20. The highest BCUT2D eigenvalue weighted by Crippen LogP contribution is 2.01. The van der Waals surface area contributed by atoms with Crippen molar-refractivity contribution in [2.24, 2.45) is 12.0 Å². The number of nitrogens with zero attached hydrogens (tertiary/aromatic N) is 3. The Hall–Kier alpha value is -1.55. The minimum absolute atomic E-state index is 0. The number of halogens is 1. The monoisotopic (exact) mass is 447 g/mol. The number of ether oxygens (including phenoxy) is 1. The van der Waals surface area contributed by atoms with E-state index in [0.29, 0.717) is 13.2 Å². The summed E-state index contributed by atoms with van der Waals surface area (Å²) in [5.74, 6) is 1.66. The van der Waals surface area contributed by atoms with Gasteiger partial charge in [-0.05, 0) is 30.5 Å². The molecule has 0 spiro atoms. The maximum absolute atomic E-state index is 5.53. The van der Waals surface area contributed by atoms with E-state index in [1.165, 1.54) is 5.56 Å². The van der Waals surface area contributed by atoms with Gasteiger partial charge in [0.15, 0.2) is 5.96 Å². The Bertz CT molecular complexity index is 583. The first-order valence-electron chi connectivity index (χ1n) is 7.80. The maximum atomic E-state index is 5.53. The summed E-state index contributed by atoms with van der Waals surface area (Å²) in [5, 5.41) is 10.7. The van der Waals surface area contributed by atoms with Crippen LogP contribution in [0.25, 0.3) is 0 Å². The SMILES string of the molecule is CN=C(NCCCOCc1ccco1)NCCc1cnn(C)c1.I. The van der Waals surface area contributed by atoms with Crippen molar-refractivity contribution in [2.75, 3.05) is 26.7 Å². The molecular weight excluding hydrogens is 421 g/mol. The van der Waals surface area contributed by atoms with Crippen molar-refractivity contribution < 1.29 is 9.15 Å². The molecule has 0 aliphatic carbocycles. The first-order valence-corrected chi connectivity index (χ1v) is 7.80. The van der Waals surface area contributed by atoms with Crippen molar-refractivity contribution in [2.45, 2.75) is 19.4 Å². The second-order valence-corrected chi connectivity index (χ2v) is 5.18. The van der Waals surface area contributed by atoms with Gasteiger partial charge in [-0.3, -0.25) is 9.67 Å². The minimum atomic E-state index is 0. The fourth-order valence-corrected chi connectivity index (χ4v) is 2.10. The lowest BCUT2D eigenvalue weighted by atomic mass is 10.2. The third-order valence-electron chi connectivity index (χ3n) is 3.27. The number of hydrogen-bond donors (Lipinski definition) is 2. The molecule has 0 unspecified atom stereocenters. The molecule has 0 saturated heterocycles. The Labute approximate surface area is 159 Å². The van der Waals surface area contributed by atoms with Crippen molar-refractivity contribution in [3.63, 3.8) is 0 Å². The smallest absolute Gasteiger partial charge is 0.190 e. The summed E-state index contributed by atoms with van der Waals surface area (Å²) in [7, 11) is 3.69. The summed E-state index contributed by atoms with van der Waals surface area (Å²) < 4.78 is 12.5. The normalized spacial score (nSPS) is 11.2. The van der Waals surface area contributed by atoms with E-state index in [9.17, 15) is 0 Å². The lowest BCUT2D eigenvalue weighted by Gasteiger charge is -2.11. The van der Waals surface area contributed by atoms with Gasteiger partial charge in [0.05, 0.1) is 12.5 Å². The molecule has 0 saturated carbocycles. The second kappa shape index (κ2) is 11.9.